The highest BCUT2D eigenvalue weighted by Gasteiger charge is 2.28. The van der Waals surface area contributed by atoms with Gasteiger partial charge < -0.3 is 9.67 Å². The van der Waals surface area contributed by atoms with Crippen molar-refractivity contribution < 1.29 is 14.3 Å². The van der Waals surface area contributed by atoms with Crippen LogP contribution in [-0.4, -0.2) is 15.6 Å². The summed E-state index contributed by atoms with van der Waals surface area (Å²) in [6.45, 7) is 0. The molecule has 1 heterocycles. The molecule has 0 unspecified atom stereocenters. The van der Waals surface area contributed by atoms with Crippen LogP contribution < -0.4 is 0 Å². The van der Waals surface area contributed by atoms with Gasteiger partial charge in [-0.05, 0) is 31.0 Å². The molecule has 1 aromatic heterocycles. The van der Waals surface area contributed by atoms with Gasteiger partial charge in [-0.25, -0.2) is 4.39 Å². The number of aromatic nitrogens is 1. The van der Waals surface area contributed by atoms with Crippen LogP contribution in [0.5, 0.6) is 0 Å². The molecule has 3 rings (SSSR count). The molecule has 17 heavy (non-hydrogen) atoms. The Hall–Kier alpha value is -1.84. The molecule has 0 saturated heterocycles. The first kappa shape index (κ1) is 10.3. The second-order valence-electron chi connectivity index (χ2n) is 4.48. The van der Waals surface area contributed by atoms with Gasteiger partial charge in [-0.15, -0.1) is 0 Å². The number of nitrogens with zero attached hydrogens (tertiary/aromatic N) is 1. The third-order valence-corrected chi connectivity index (χ3v) is 3.15. The van der Waals surface area contributed by atoms with Crippen molar-refractivity contribution in [2.45, 2.75) is 25.3 Å². The van der Waals surface area contributed by atoms with Crippen LogP contribution in [0.15, 0.2) is 24.3 Å². The van der Waals surface area contributed by atoms with Crippen molar-refractivity contribution in [3.8, 4) is 0 Å². The summed E-state index contributed by atoms with van der Waals surface area (Å²) in [7, 11) is 0. The Morgan fingerprint density at radius 1 is 1.47 bits per heavy atom. The molecule has 1 aliphatic carbocycles. The highest BCUT2D eigenvalue weighted by atomic mass is 19.1. The molecule has 4 heteroatoms. The summed E-state index contributed by atoms with van der Waals surface area (Å²) in [6, 6.07) is 6.94. The summed E-state index contributed by atoms with van der Waals surface area (Å²) in [6.07, 6.45) is 2.05. The van der Waals surface area contributed by atoms with Crippen LogP contribution in [0, 0.1) is 5.82 Å². The Balaban J connectivity index is 2.22. The molecule has 1 N–H and O–H groups in total. The number of benzene rings is 1. The van der Waals surface area contributed by atoms with Gasteiger partial charge in [-0.2, -0.15) is 0 Å². The van der Waals surface area contributed by atoms with Gasteiger partial charge in [0.25, 0.3) is 0 Å². The smallest absolute Gasteiger partial charge is 0.309 e. The Labute approximate surface area is 97.5 Å². The second-order valence-corrected chi connectivity index (χ2v) is 4.48. The third-order valence-electron chi connectivity index (χ3n) is 3.15. The van der Waals surface area contributed by atoms with Gasteiger partial charge >= 0.3 is 5.97 Å². The lowest BCUT2D eigenvalue weighted by Gasteiger charge is -2.07. The van der Waals surface area contributed by atoms with E-state index < -0.39 is 5.97 Å². The fourth-order valence-corrected chi connectivity index (χ4v) is 2.32. The van der Waals surface area contributed by atoms with Crippen LogP contribution >= 0.6 is 0 Å². The lowest BCUT2D eigenvalue weighted by Crippen LogP contribution is -2.06. The van der Waals surface area contributed by atoms with E-state index in [1.165, 1.54) is 6.07 Å². The van der Waals surface area contributed by atoms with Crippen LogP contribution in [-0.2, 0) is 11.2 Å². The Morgan fingerprint density at radius 3 is 2.88 bits per heavy atom. The first-order chi connectivity index (χ1) is 8.16. The number of carbonyl (C=O) groups is 1. The number of hydrogen-bond donors (Lipinski definition) is 1. The van der Waals surface area contributed by atoms with Crippen LogP contribution in [0.2, 0.25) is 0 Å². The van der Waals surface area contributed by atoms with E-state index in [0.29, 0.717) is 17.1 Å². The first-order valence-electron chi connectivity index (χ1n) is 5.67. The molecular formula is C13H12FNO2. The number of carboxylic acid groups (broad SMARTS) is 1. The number of hydrogen-bond acceptors (Lipinski definition) is 1. The molecule has 0 aliphatic heterocycles. The fourth-order valence-electron chi connectivity index (χ4n) is 2.32. The number of halogens is 1. The zero-order valence-corrected chi connectivity index (χ0v) is 9.19. The van der Waals surface area contributed by atoms with E-state index in [4.69, 9.17) is 5.11 Å². The van der Waals surface area contributed by atoms with Crippen molar-refractivity contribution in [1.82, 2.24) is 4.57 Å². The lowest BCUT2D eigenvalue weighted by atomic mass is 10.2. The van der Waals surface area contributed by atoms with Gasteiger partial charge in [-0.3, -0.25) is 4.79 Å². The summed E-state index contributed by atoms with van der Waals surface area (Å²) in [4.78, 5) is 10.8. The minimum atomic E-state index is -0.880. The number of aliphatic carboxylic acids is 1. The number of carboxylic acids is 1. The van der Waals surface area contributed by atoms with Crippen LogP contribution in [0.25, 0.3) is 10.9 Å². The standard InChI is InChI=1S/C13H12FNO2/c14-11-2-1-3-12-10(11)6-9(7-13(16)17)15(12)8-4-5-8/h1-3,6,8H,4-5,7H2,(H,16,17). The predicted octanol–water partition coefficient (Wildman–Crippen LogP) is 2.74. The topological polar surface area (TPSA) is 42.2 Å². The summed E-state index contributed by atoms with van der Waals surface area (Å²) in [5, 5.41) is 9.40. The molecule has 3 nitrogen and oxygen atoms in total. The Morgan fingerprint density at radius 2 is 2.24 bits per heavy atom. The van der Waals surface area contributed by atoms with E-state index in [0.717, 1.165) is 18.4 Å². The van der Waals surface area contributed by atoms with Crippen LogP contribution in [0.1, 0.15) is 24.6 Å². The molecule has 1 aromatic carbocycles. The van der Waals surface area contributed by atoms with Gasteiger partial charge in [0.1, 0.15) is 5.82 Å². The zero-order chi connectivity index (χ0) is 12.0. The molecule has 1 saturated carbocycles. The lowest BCUT2D eigenvalue weighted by molar-refractivity contribution is -0.136. The van der Waals surface area contributed by atoms with Crippen LogP contribution in [0.4, 0.5) is 4.39 Å². The molecule has 88 valence electrons. The third kappa shape index (κ3) is 1.69. The van der Waals surface area contributed by atoms with E-state index in [-0.39, 0.29) is 12.2 Å². The van der Waals surface area contributed by atoms with E-state index in [1.54, 1.807) is 12.1 Å². The molecule has 0 radical (unpaired) electrons. The largest absolute Gasteiger partial charge is 0.481 e. The molecule has 2 aromatic rings. The van der Waals surface area contributed by atoms with E-state index >= 15 is 0 Å². The zero-order valence-electron chi connectivity index (χ0n) is 9.19. The average molecular weight is 233 g/mol. The monoisotopic (exact) mass is 233 g/mol. The van der Waals surface area contributed by atoms with Gasteiger partial charge in [-0.1, -0.05) is 6.07 Å². The van der Waals surface area contributed by atoms with E-state index in [1.807, 2.05) is 10.6 Å². The van der Waals surface area contributed by atoms with Gasteiger partial charge in [0.05, 0.1) is 11.9 Å². The van der Waals surface area contributed by atoms with Crippen molar-refractivity contribution in [2.75, 3.05) is 0 Å². The van der Waals surface area contributed by atoms with Gasteiger partial charge in [0.2, 0.25) is 0 Å². The van der Waals surface area contributed by atoms with Crippen molar-refractivity contribution in [3.63, 3.8) is 0 Å². The normalized spacial score (nSPS) is 15.4. The molecule has 1 aliphatic rings. The predicted molar refractivity (Wildman–Crippen MR) is 61.5 cm³/mol. The number of fused-ring (bicyclic) bond motifs is 1. The second kappa shape index (κ2) is 3.58. The quantitative estimate of drug-likeness (QED) is 0.885. The van der Waals surface area contributed by atoms with Crippen molar-refractivity contribution in [3.05, 3.63) is 35.8 Å². The highest BCUT2D eigenvalue weighted by Crippen LogP contribution is 2.40. The summed E-state index contributed by atoms with van der Waals surface area (Å²) < 4.78 is 15.6. The van der Waals surface area contributed by atoms with Crippen molar-refractivity contribution in [1.29, 1.82) is 0 Å². The minimum absolute atomic E-state index is 0.0510. The number of rotatable bonds is 3. The van der Waals surface area contributed by atoms with Crippen molar-refractivity contribution in [2.24, 2.45) is 0 Å². The van der Waals surface area contributed by atoms with E-state index in [9.17, 15) is 9.18 Å². The maximum absolute atomic E-state index is 13.6. The van der Waals surface area contributed by atoms with Gasteiger partial charge in [0, 0.05) is 17.1 Å². The SMILES string of the molecule is O=C(O)Cc1cc2c(F)cccc2n1C1CC1. The molecule has 0 spiro atoms. The summed E-state index contributed by atoms with van der Waals surface area (Å²) >= 11 is 0. The maximum Gasteiger partial charge on any atom is 0.309 e. The summed E-state index contributed by atoms with van der Waals surface area (Å²) in [5.74, 6) is -1.16. The maximum atomic E-state index is 13.6. The molecule has 0 bridgehead atoms. The Kier molecular flexibility index (Phi) is 2.18. The molecule has 0 atom stereocenters. The van der Waals surface area contributed by atoms with Gasteiger partial charge in [0.15, 0.2) is 0 Å². The molecule has 0 amide bonds. The first-order valence-corrected chi connectivity index (χ1v) is 5.67. The summed E-state index contributed by atoms with van der Waals surface area (Å²) in [5.41, 5.74) is 1.50. The van der Waals surface area contributed by atoms with Crippen molar-refractivity contribution >= 4 is 16.9 Å². The fraction of sp³-hybridized carbons (Fsp3) is 0.308. The average Bonchev–Trinajstić information content (AvgIpc) is 3.01. The van der Waals surface area contributed by atoms with E-state index in [2.05, 4.69) is 0 Å². The molecular weight excluding hydrogens is 221 g/mol. The highest BCUT2D eigenvalue weighted by molar-refractivity contribution is 5.84. The Bertz CT molecular complexity index is 599. The molecule has 1 fully saturated rings. The minimum Gasteiger partial charge on any atom is -0.481 e. The van der Waals surface area contributed by atoms with Crippen LogP contribution in [0.3, 0.4) is 0 Å².